The summed E-state index contributed by atoms with van der Waals surface area (Å²) in [6, 6.07) is 6.80. The molecule has 3 rings (SSSR count). The summed E-state index contributed by atoms with van der Waals surface area (Å²) in [5.41, 5.74) is 5.76. The summed E-state index contributed by atoms with van der Waals surface area (Å²) in [6.45, 7) is 3.50. The fraction of sp³-hybridized carbons (Fsp3) is 0.571. The molecular weight excluding hydrogens is 226 g/mol. The lowest BCUT2D eigenvalue weighted by Crippen LogP contribution is -2.43. The molecule has 4 heteroatoms. The molecular formula is C14H21N3O. The number of benzene rings is 1. The molecule has 0 spiro atoms. The first kappa shape index (κ1) is 11.8. The van der Waals surface area contributed by atoms with E-state index in [0.29, 0.717) is 6.04 Å². The molecule has 98 valence electrons. The number of fused-ring (bicyclic) bond motifs is 1. The number of nitrogens with one attached hydrogen (secondary N) is 1. The Balaban J connectivity index is 1.81. The Morgan fingerprint density at radius 2 is 2.00 bits per heavy atom. The number of anilines is 2. The maximum atomic E-state index is 9.03. The van der Waals surface area contributed by atoms with Gasteiger partial charge in [0.05, 0.1) is 5.69 Å². The van der Waals surface area contributed by atoms with Crippen molar-refractivity contribution in [2.24, 2.45) is 0 Å². The summed E-state index contributed by atoms with van der Waals surface area (Å²) >= 11 is 0. The van der Waals surface area contributed by atoms with Crippen LogP contribution in [-0.2, 0) is 6.42 Å². The Kier molecular flexibility index (Phi) is 3.14. The zero-order valence-electron chi connectivity index (χ0n) is 10.9. The Bertz CT molecular complexity index is 427. The van der Waals surface area contributed by atoms with E-state index in [0.717, 1.165) is 18.7 Å². The van der Waals surface area contributed by atoms with E-state index in [1.54, 1.807) is 0 Å². The van der Waals surface area contributed by atoms with Gasteiger partial charge in [-0.15, -0.1) is 0 Å². The minimum absolute atomic E-state index is 0.663. The lowest BCUT2D eigenvalue weighted by molar-refractivity contribution is 0.251. The molecule has 2 aliphatic rings. The van der Waals surface area contributed by atoms with Crippen molar-refractivity contribution in [3.8, 4) is 0 Å². The van der Waals surface area contributed by atoms with Crippen molar-refractivity contribution in [3.05, 3.63) is 23.8 Å². The van der Waals surface area contributed by atoms with Crippen molar-refractivity contribution in [2.75, 3.05) is 37.1 Å². The summed E-state index contributed by atoms with van der Waals surface area (Å²) in [5.74, 6) is 0. The van der Waals surface area contributed by atoms with Crippen LogP contribution in [0.15, 0.2) is 18.2 Å². The van der Waals surface area contributed by atoms with E-state index in [1.165, 1.54) is 37.2 Å². The predicted molar refractivity (Wildman–Crippen MR) is 73.4 cm³/mol. The molecule has 1 fully saturated rings. The molecule has 18 heavy (non-hydrogen) atoms. The van der Waals surface area contributed by atoms with Crippen LogP contribution in [0.5, 0.6) is 0 Å². The van der Waals surface area contributed by atoms with Gasteiger partial charge in [-0.2, -0.15) is 0 Å². The SMILES string of the molecule is CN1CCC(N2CCc3ccc(NO)cc32)CC1. The number of nitrogens with zero attached hydrogens (tertiary/aromatic N) is 2. The molecule has 0 amide bonds. The third-order valence-corrected chi connectivity index (χ3v) is 4.27. The second-order valence-electron chi connectivity index (χ2n) is 5.43. The number of likely N-dealkylation sites (tertiary alicyclic amines) is 1. The van der Waals surface area contributed by atoms with Gasteiger partial charge < -0.3 is 9.80 Å². The van der Waals surface area contributed by atoms with Crippen LogP contribution in [0.25, 0.3) is 0 Å². The third kappa shape index (κ3) is 2.06. The van der Waals surface area contributed by atoms with E-state index >= 15 is 0 Å². The zero-order chi connectivity index (χ0) is 12.5. The van der Waals surface area contributed by atoms with Crippen molar-refractivity contribution in [1.82, 2.24) is 4.90 Å². The lowest BCUT2D eigenvalue weighted by Gasteiger charge is -2.36. The number of rotatable bonds is 2. The topological polar surface area (TPSA) is 38.7 Å². The summed E-state index contributed by atoms with van der Waals surface area (Å²) in [7, 11) is 2.20. The van der Waals surface area contributed by atoms with E-state index in [4.69, 9.17) is 5.21 Å². The van der Waals surface area contributed by atoms with Gasteiger partial charge in [-0.05, 0) is 57.1 Å². The highest BCUT2D eigenvalue weighted by molar-refractivity contribution is 5.65. The molecule has 0 unspecified atom stereocenters. The average Bonchev–Trinajstić information content (AvgIpc) is 2.82. The molecule has 0 aliphatic carbocycles. The Hall–Kier alpha value is -1.26. The predicted octanol–water partition coefficient (Wildman–Crippen LogP) is 1.94. The van der Waals surface area contributed by atoms with Gasteiger partial charge in [0.2, 0.25) is 0 Å². The monoisotopic (exact) mass is 247 g/mol. The van der Waals surface area contributed by atoms with Gasteiger partial charge in [-0.3, -0.25) is 10.7 Å². The number of hydrogen-bond acceptors (Lipinski definition) is 4. The van der Waals surface area contributed by atoms with E-state index in [9.17, 15) is 0 Å². The normalized spacial score (nSPS) is 21.1. The van der Waals surface area contributed by atoms with Crippen molar-refractivity contribution >= 4 is 11.4 Å². The van der Waals surface area contributed by atoms with Crippen molar-refractivity contribution in [2.45, 2.75) is 25.3 Å². The van der Waals surface area contributed by atoms with E-state index in [-0.39, 0.29) is 0 Å². The van der Waals surface area contributed by atoms with Crippen LogP contribution in [0.2, 0.25) is 0 Å². The summed E-state index contributed by atoms with van der Waals surface area (Å²) in [4.78, 5) is 4.93. The summed E-state index contributed by atoms with van der Waals surface area (Å²) < 4.78 is 0. The molecule has 2 heterocycles. The highest BCUT2D eigenvalue weighted by Gasteiger charge is 2.28. The maximum Gasteiger partial charge on any atom is 0.0622 e. The fourth-order valence-corrected chi connectivity index (χ4v) is 3.16. The maximum absolute atomic E-state index is 9.03. The van der Waals surface area contributed by atoms with Gasteiger partial charge in [-0.25, -0.2) is 0 Å². The average molecular weight is 247 g/mol. The molecule has 2 aliphatic heterocycles. The number of hydrogen-bond donors (Lipinski definition) is 2. The Morgan fingerprint density at radius 1 is 1.22 bits per heavy atom. The minimum atomic E-state index is 0.663. The second kappa shape index (κ2) is 4.78. The first-order valence-electron chi connectivity index (χ1n) is 6.76. The van der Waals surface area contributed by atoms with Crippen LogP contribution in [0.3, 0.4) is 0 Å². The van der Waals surface area contributed by atoms with E-state index < -0.39 is 0 Å². The Labute approximate surface area is 108 Å². The van der Waals surface area contributed by atoms with Crippen LogP contribution in [0, 0.1) is 0 Å². The van der Waals surface area contributed by atoms with Crippen LogP contribution in [0.1, 0.15) is 18.4 Å². The highest BCUT2D eigenvalue weighted by Crippen LogP contribution is 2.34. The first-order chi connectivity index (χ1) is 8.78. The fourth-order valence-electron chi connectivity index (χ4n) is 3.16. The Morgan fingerprint density at radius 3 is 2.72 bits per heavy atom. The first-order valence-corrected chi connectivity index (χ1v) is 6.76. The molecule has 2 N–H and O–H groups in total. The zero-order valence-corrected chi connectivity index (χ0v) is 10.9. The molecule has 0 saturated carbocycles. The number of piperidine rings is 1. The van der Waals surface area contributed by atoms with Crippen molar-refractivity contribution in [1.29, 1.82) is 0 Å². The highest BCUT2D eigenvalue weighted by atomic mass is 16.5. The molecule has 1 saturated heterocycles. The largest absolute Gasteiger partial charge is 0.368 e. The van der Waals surface area contributed by atoms with Crippen LogP contribution in [-0.4, -0.2) is 42.8 Å². The lowest BCUT2D eigenvalue weighted by atomic mass is 10.0. The smallest absolute Gasteiger partial charge is 0.0622 e. The van der Waals surface area contributed by atoms with Crippen LogP contribution < -0.4 is 10.4 Å². The van der Waals surface area contributed by atoms with Gasteiger partial charge >= 0.3 is 0 Å². The van der Waals surface area contributed by atoms with Crippen molar-refractivity contribution < 1.29 is 5.21 Å². The molecule has 4 nitrogen and oxygen atoms in total. The van der Waals surface area contributed by atoms with Crippen molar-refractivity contribution in [3.63, 3.8) is 0 Å². The molecule has 0 radical (unpaired) electrons. The van der Waals surface area contributed by atoms with E-state index in [1.807, 2.05) is 6.07 Å². The molecule has 1 aromatic carbocycles. The summed E-state index contributed by atoms with van der Waals surface area (Å²) in [5, 5.41) is 9.03. The van der Waals surface area contributed by atoms with Crippen LogP contribution >= 0.6 is 0 Å². The molecule has 0 aromatic heterocycles. The van der Waals surface area contributed by atoms with Gasteiger partial charge in [0.1, 0.15) is 0 Å². The molecule has 1 aromatic rings. The standard InChI is InChI=1S/C14H21N3O/c1-16-7-5-13(6-8-16)17-9-4-11-2-3-12(15-18)10-14(11)17/h2-3,10,13,15,18H,4-9H2,1H3. The van der Waals surface area contributed by atoms with Gasteiger partial charge in [0.25, 0.3) is 0 Å². The van der Waals surface area contributed by atoms with Gasteiger partial charge in [-0.1, -0.05) is 6.07 Å². The molecule has 0 atom stereocenters. The second-order valence-corrected chi connectivity index (χ2v) is 5.43. The minimum Gasteiger partial charge on any atom is -0.368 e. The van der Waals surface area contributed by atoms with Gasteiger partial charge in [0.15, 0.2) is 0 Å². The third-order valence-electron chi connectivity index (χ3n) is 4.27. The molecule has 0 bridgehead atoms. The van der Waals surface area contributed by atoms with Gasteiger partial charge in [0, 0.05) is 18.3 Å². The van der Waals surface area contributed by atoms with Crippen LogP contribution in [0.4, 0.5) is 11.4 Å². The van der Waals surface area contributed by atoms with E-state index in [2.05, 4.69) is 34.5 Å². The quantitative estimate of drug-likeness (QED) is 0.783. The summed E-state index contributed by atoms with van der Waals surface area (Å²) in [6.07, 6.45) is 3.62.